The molecule has 8 bridgehead atoms. The Labute approximate surface area is 295 Å². The summed E-state index contributed by atoms with van der Waals surface area (Å²) in [5.74, 6) is 0. The van der Waals surface area contributed by atoms with E-state index < -0.39 is 0 Å². The van der Waals surface area contributed by atoms with Gasteiger partial charge in [0.25, 0.3) is 0 Å². The van der Waals surface area contributed by atoms with E-state index in [4.69, 9.17) is 9.98 Å². The Morgan fingerprint density at radius 2 is 0.714 bits per heavy atom. The largest absolute Gasteiger partial charge is 2.00 e. The predicted octanol–water partition coefficient (Wildman–Crippen LogP) is 4.72. The average molecular weight is 686 g/mol. The number of hydrogen-bond acceptors (Lipinski definition) is 6. The van der Waals surface area contributed by atoms with Gasteiger partial charge in [0.1, 0.15) is 22.8 Å². The van der Waals surface area contributed by atoms with Crippen molar-refractivity contribution in [3.63, 3.8) is 0 Å². The van der Waals surface area contributed by atoms with Crippen molar-refractivity contribution in [2.24, 2.45) is 9.98 Å². The van der Waals surface area contributed by atoms with E-state index in [2.05, 4.69) is 79.2 Å². The number of pyridine rings is 4. The topological polar surface area (TPSA) is 110 Å². The maximum absolute atomic E-state index is 5.33. The van der Waals surface area contributed by atoms with Gasteiger partial charge >= 0.3 is 19.5 Å². The number of rotatable bonds is 4. The first kappa shape index (κ1) is 30.5. The van der Waals surface area contributed by atoms with E-state index >= 15 is 0 Å². The number of quaternary nitrogens is 2. The molecule has 9 heteroatoms. The number of allylic oxidation sites excluding steroid dienone is 12. The van der Waals surface area contributed by atoms with Crippen LogP contribution < -0.4 is 10.6 Å². The zero-order valence-corrected chi connectivity index (χ0v) is 29.4. The fourth-order valence-electron chi connectivity index (χ4n) is 6.71. The average Bonchev–Trinajstić information content (AvgIpc) is 3.98. The van der Waals surface area contributed by atoms with Gasteiger partial charge in [0, 0.05) is 73.9 Å². The second-order valence-corrected chi connectivity index (χ2v) is 11.7. The van der Waals surface area contributed by atoms with Crippen molar-refractivity contribution in [1.82, 2.24) is 19.9 Å². The van der Waals surface area contributed by atoms with Crippen LogP contribution in [0.4, 0.5) is 0 Å². The van der Waals surface area contributed by atoms with Crippen molar-refractivity contribution in [3.8, 4) is 0 Å². The fourth-order valence-corrected chi connectivity index (χ4v) is 6.71. The van der Waals surface area contributed by atoms with Gasteiger partial charge in [-0.15, -0.1) is 0 Å². The van der Waals surface area contributed by atoms with Crippen LogP contribution in [0.1, 0.15) is 22.3 Å². The van der Waals surface area contributed by atoms with E-state index in [0.717, 1.165) is 90.2 Å². The first-order valence-corrected chi connectivity index (χ1v) is 15.7. The molecule has 9 heterocycles. The van der Waals surface area contributed by atoms with E-state index in [-0.39, 0.29) is 19.5 Å². The molecule has 4 aromatic heterocycles. The molecule has 0 unspecified atom stereocenters. The minimum Gasteiger partial charge on any atom is -0.280 e. The molecule has 0 spiro atoms. The number of aromatic nitrogens is 4. The Hall–Kier alpha value is -5.86. The summed E-state index contributed by atoms with van der Waals surface area (Å²) in [4.78, 5) is 27.9. The van der Waals surface area contributed by atoms with Crippen molar-refractivity contribution in [3.05, 3.63) is 203 Å². The van der Waals surface area contributed by atoms with Gasteiger partial charge in [0.15, 0.2) is 0 Å². The molecule has 0 saturated carbocycles. The molecule has 0 fully saturated rings. The fraction of sp³-hybridized carbons (Fsp3) is 0. The monoisotopic (exact) mass is 684 g/mol. The molecule has 0 aliphatic carbocycles. The van der Waals surface area contributed by atoms with Gasteiger partial charge in [-0.25, -0.2) is 9.98 Å². The number of aliphatic imine (C=N–C) groups is 2. The third-order valence-corrected chi connectivity index (χ3v) is 8.84. The Morgan fingerprint density at radius 3 is 1.08 bits per heavy atom. The molecule has 5 aliphatic rings. The van der Waals surface area contributed by atoms with Crippen molar-refractivity contribution in [2.75, 3.05) is 0 Å². The molecule has 0 aromatic carbocycles. The number of fused-ring (bicyclic) bond motifs is 6. The summed E-state index contributed by atoms with van der Waals surface area (Å²) in [6.07, 6.45) is 31.8. The number of hydrogen-bond donors (Lipinski definition) is 2. The zero-order valence-electron chi connectivity index (χ0n) is 26.4. The molecule has 8 nitrogen and oxygen atoms in total. The summed E-state index contributed by atoms with van der Waals surface area (Å²) < 4.78 is 0. The second-order valence-electron chi connectivity index (χ2n) is 11.7. The normalized spacial score (nSPS) is 17.8. The van der Waals surface area contributed by atoms with Crippen LogP contribution in [-0.2, 0) is 19.5 Å². The summed E-state index contributed by atoms with van der Waals surface area (Å²) in [6.45, 7) is 0. The molecule has 5 aliphatic heterocycles. The Morgan fingerprint density at radius 1 is 0.367 bits per heavy atom. The van der Waals surface area contributed by atoms with E-state index in [9.17, 15) is 0 Å². The maximum Gasteiger partial charge on any atom is 2.00 e. The molecule has 4 N–H and O–H groups in total. The molecule has 0 saturated heterocycles. The number of nitrogens with two attached hydrogens (primary N) is 2. The first-order chi connectivity index (χ1) is 23.8. The van der Waals surface area contributed by atoms with Crippen LogP contribution in [0.3, 0.4) is 0 Å². The minimum absolute atomic E-state index is 0. The Balaban J connectivity index is 0.00000348. The van der Waals surface area contributed by atoms with Gasteiger partial charge in [0.05, 0.1) is 45.1 Å². The minimum atomic E-state index is 0. The predicted molar refractivity (Wildman–Crippen MR) is 187 cm³/mol. The van der Waals surface area contributed by atoms with Crippen LogP contribution in [0.25, 0.3) is 22.3 Å². The van der Waals surface area contributed by atoms with Crippen molar-refractivity contribution < 1.29 is 30.1 Å². The zero-order chi connectivity index (χ0) is 31.9. The van der Waals surface area contributed by atoms with Crippen LogP contribution in [-0.4, -0.2) is 31.4 Å². The molecule has 4 aromatic rings. The molecule has 49 heavy (non-hydrogen) atoms. The summed E-state index contributed by atoms with van der Waals surface area (Å²) in [6, 6.07) is 16.3. The summed E-state index contributed by atoms with van der Waals surface area (Å²) >= 11 is 0. The van der Waals surface area contributed by atoms with Gasteiger partial charge in [-0.05, 0) is 95.1 Å². The molecule has 0 atom stereocenters. The Kier molecular flexibility index (Phi) is 8.07. The molecule has 226 valence electrons. The molecule has 0 amide bonds. The van der Waals surface area contributed by atoms with Gasteiger partial charge in [-0.3, -0.25) is 30.6 Å². The van der Waals surface area contributed by atoms with Crippen molar-refractivity contribution >= 4 is 33.7 Å². The SMILES string of the molecule is C1=CC2=C(c3ccncc3)C3=CC=C([NH2+]3)C(c3ccncc3)=C3C=CC(=N3)C(c3ccncc3)=C3C=CC(=C(c4ccncc4)C1=N2)[NH2+]3.[Zn+2]. The van der Waals surface area contributed by atoms with E-state index in [1.165, 1.54) is 0 Å². The molecular weight excluding hydrogens is 658 g/mol. The van der Waals surface area contributed by atoms with Crippen molar-refractivity contribution in [1.29, 1.82) is 0 Å². The molecular formula is C40H28N8Zn+4. The quantitative estimate of drug-likeness (QED) is 0.303. The van der Waals surface area contributed by atoms with Crippen molar-refractivity contribution in [2.45, 2.75) is 0 Å². The van der Waals surface area contributed by atoms with E-state index in [1.54, 1.807) is 0 Å². The first-order valence-electron chi connectivity index (χ1n) is 15.7. The van der Waals surface area contributed by atoms with Gasteiger partial charge in [-0.2, -0.15) is 0 Å². The summed E-state index contributed by atoms with van der Waals surface area (Å²) in [5, 5.41) is 4.48. The summed E-state index contributed by atoms with van der Waals surface area (Å²) in [7, 11) is 0. The van der Waals surface area contributed by atoms with Crippen LogP contribution in [0.5, 0.6) is 0 Å². The van der Waals surface area contributed by atoms with Crippen LogP contribution >= 0.6 is 0 Å². The third-order valence-electron chi connectivity index (χ3n) is 8.84. The molecule has 0 radical (unpaired) electrons. The summed E-state index contributed by atoms with van der Waals surface area (Å²) in [5.41, 5.74) is 16.2. The van der Waals surface area contributed by atoms with Gasteiger partial charge in [-0.1, -0.05) is 0 Å². The van der Waals surface area contributed by atoms with Crippen LogP contribution in [0, 0.1) is 0 Å². The van der Waals surface area contributed by atoms with E-state index in [0.29, 0.717) is 0 Å². The smallest absolute Gasteiger partial charge is 0.280 e. The van der Waals surface area contributed by atoms with E-state index in [1.807, 2.05) is 98.1 Å². The third kappa shape index (κ3) is 5.60. The standard InChI is InChI=1S/C40H26N8.Zn/c1-2-30-38(26-11-19-42-20-12-26)32-5-6-34(47-32)40(28-15-23-44-24-16-28)36-8-7-35(48-36)39(27-13-21-43-22-14-27)33-4-3-31(46-33)37(29(1)45-30)25-9-17-41-18-10-25;/h1-24,45,48H;/q;+2/p+2. The van der Waals surface area contributed by atoms with Crippen LogP contribution in [0.2, 0.25) is 0 Å². The second kappa shape index (κ2) is 13.0. The molecule has 9 rings (SSSR count). The Bertz CT molecular complexity index is 2170. The van der Waals surface area contributed by atoms with Gasteiger partial charge in [0.2, 0.25) is 0 Å². The maximum atomic E-state index is 5.33. The number of nitrogens with zero attached hydrogens (tertiary/aromatic N) is 6. The van der Waals surface area contributed by atoms with Crippen LogP contribution in [0.15, 0.2) is 191 Å². The van der Waals surface area contributed by atoms with Gasteiger partial charge < -0.3 is 0 Å².